The number of phenols is 3. The van der Waals surface area contributed by atoms with Crippen molar-refractivity contribution in [3.63, 3.8) is 0 Å². The van der Waals surface area contributed by atoms with Crippen LogP contribution in [0.3, 0.4) is 0 Å². The van der Waals surface area contributed by atoms with E-state index in [-0.39, 0.29) is 29.1 Å². The lowest BCUT2D eigenvalue weighted by Crippen LogP contribution is -2.40. The summed E-state index contributed by atoms with van der Waals surface area (Å²) in [5.41, 5.74) is 6.00. The second-order valence-corrected chi connectivity index (χ2v) is 11.9. The molecular weight excluding hydrogens is 576 g/mol. The minimum absolute atomic E-state index is 0.0202. The van der Waals surface area contributed by atoms with E-state index in [1.807, 2.05) is 58.0 Å². The molecule has 0 atom stereocenters. The lowest BCUT2D eigenvalue weighted by atomic mass is 9.95. The number of nitrogens with zero attached hydrogens (tertiary/aromatic N) is 4. The number of benzene rings is 4. The van der Waals surface area contributed by atoms with E-state index in [2.05, 4.69) is 17.1 Å². The third kappa shape index (κ3) is 5.38. The van der Waals surface area contributed by atoms with Crippen LogP contribution in [0.1, 0.15) is 61.8 Å². The first kappa shape index (κ1) is 29.9. The standard InChI is InChI=1S/C38H30N4O4/c1-21(2)37-33(43)14-26(15-34(37)44)29-12-28-11-23(18-39)5-8-32(28)42(20-29)46-36-17-27(16-35(45)38(36)22(3)4)24-6-7-31-30(13-24)25(19-40)9-10-41-31/h5-17,20-22H,1-4H3,(H2-,43,44,45)/p+1. The van der Waals surface area contributed by atoms with Gasteiger partial charge in [0.2, 0.25) is 11.9 Å². The zero-order chi connectivity index (χ0) is 32.7. The van der Waals surface area contributed by atoms with Crippen molar-refractivity contribution in [3.05, 3.63) is 107 Å². The SMILES string of the molecule is CC(C)c1c(O)cc(-c2cc3cc(C#N)ccc3[n+](Oc3cc(-c4ccc5nccc(C#N)c5c4)cc(O)c3C(C)C)c2)cc1O. The summed E-state index contributed by atoms with van der Waals surface area (Å²) in [6, 6.07) is 25.5. The number of aromatic hydroxyl groups is 3. The Hall–Kier alpha value is -6.12. The molecule has 0 fully saturated rings. The largest absolute Gasteiger partial charge is 0.507 e. The van der Waals surface area contributed by atoms with Crippen molar-refractivity contribution < 1.29 is 24.9 Å². The third-order valence-corrected chi connectivity index (χ3v) is 8.10. The number of fused-ring (bicyclic) bond motifs is 2. The topological polar surface area (TPSA) is 134 Å². The Morgan fingerprint density at radius 2 is 1.37 bits per heavy atom. The third-order valence-electron chi connectivity index (χ3n) is 8.10. The quantitative estimate of drug-likeness (QED) is 0.164. The molecular formula is C38H31N4O4+. The molecule has 2 aromatic heterocycles. The smallest absolute Gasteiger partial charge is 0.265 e. The highest BCUT2D eigenvalue weighted by molar-refractivity contribution is 5.89. The minimum atomic E-state index is -0.104. The molecule has 0 aliphatic rings. The Labute approximate surface area is 266 Å². The van der Waals surface area contributed by atoms with Crippen LogP contribution in [-0.2, 0) is 0 Å². The second kappa shape index (κ2) is 11.8. The Balaban J connectivity index is 1.54. The van der Waals surface area contributed by atoms with E-state index in [9.17, 15) is 25.8 Å². The van der Waals surface area contributed by atoms with Crippen molar-refractivity contribution in [3.8, 4) is 57.4 Å². The van der Waals surface area contributed by atoms with Crippen molar-refractivity contribution in [2.24, 2.45) is 0 Å². The van der Waals surface area contributed by atoms with Crippen LogP contribution >= 0.6 is 0 Å². The van der Waals surface area contributed by atoms with Gasteiger partial charge in [-0.05, 0) is 89.2 Å². The summed E-state index contributed by atoms with van der Waals surface area (Å²) in [5.74, 6) is 0.234. The lowest BCUT2D eigenvalue weighted by Gasteiger charge is -2.15. The van der Waals surface area contributed by atoms with E-state index < -0.39 is 0 Å². The summed E-state index contributed by atoms with van der Waals surface area (Å²) in [5, 5.41) is 53.5. The maximum atomic E-state index is 11.3. The molecule has 2 heterocycles. The van der Waals surface area contributed by atoms with Crippen LogP contribution in [0.5, 0.6) is 23.0 Å². The molecule has 46 heavy (non-hydrogen) atoms. The maximum Gasteiger partial charge on any atom is 0.265 e. The van der Waals surface area contributed by atoms with Crippen molar-refractivity contribution in [2.75, 3.05) is 0 Å². The first-order valence-electron chi connectivity index (χ1n) is 14.9. The molecule has 0 aliphatic carbocycles. The van der Waals surface area contributed by atoms with Crippen molar-refractivity contribution in [1.82, 2.24) is 4.98 Å². The number of rotatable bonds is 6. The molecule has 8 nitrogen and oxygen atoms in total. The second-order valence-electron chi connectivity index (χ2n) is 11.9. The van der Waals surface area contributed by atoms with Crippen molar-refractivity contribution >= 4 is 21.8 Å². The van der Waals surface area contributed by atoms with Gasteiger partial charge in [0.15, 0.2) is 0 Å². The summed E-state index contributed by atoms with van der Waals surface area (Å²) < 4.78 is 1.57. The van der Waals surface area contributed by atoms with Gasteiger partial charge >= 0.3 is 0 Å². The molecule has 0 spiro atoms. The molecule has 8 heteroatoms. The van der Waals surface area contributed by atoms with E-state index in [1.165, 1.54) is 0 Å². The number of nitriles is 2. The van der Waals surface area contributed by atoms with E-state index in [4.69, 9.17) is 4.84 Å². The fraction of sp³-hybridized carbons (Fsp3) is 0.158. The molecule has 0 unspecified atom stereocenters. The van der Waals surface area contributed by atoms with Gasteiger partial charge in [0.1, 0.15) is 17.2 Å². The highest BCUT2D eigenvalue weighted by atomic mass is 16.7. The fourth-order valence-electron chi connectivity index (χ4n) is 5.92. The molecule has 0 saturated heterocycles. The van der Waals surface area contributed by atoms with Gasteiger partial charge in [0.25, 0.3) is 5.52 Å². The zero-order valence-electron chi connectivity index (χ0n) is 25.8. The predicted molar refractivity (Wildman–Crippen MR) is 175 cm³/mol. The van der Waals surface area contributed by atoms with E-state index in [1.54, 1.807) is 59.6 Å². The Morgan fingerprint density at radius 1 is 0.696 bits per heavy atom. The monoisotopic (exact) mass is 607 g/mol. The summed E-state index contributed by atoms with van der Waals surface area (Å²) in [4.78, 5) is 11.0. The van der Waals surface area contributed by atoms with Gasteiger partial charge in [-0.1, -0.05) is 33.8 Å². The van der Waals surface area contributed by atoms with Crippen LogP contribution < -0.4 is 9.57 Å². The predicted octanol–water partition coefficient (Wildman–Crippen LogP) is 7.96. The highest BCUT2D eigenvalue weighted by Gasteiger charge is 2.24. The lowest BCUT2D eigenvalue weighted by molar-refractivity contribution is -0.854. The summed E-state index contributed by atoms with van der Waals surface area (Å²) >= 11 is 0. The van der Waals surface area contributed by atoms with Crippen LogP contribution in [-0.4, -0.2) is 20.3 Å². The number of phenolic OH excluding ortho intramolecular Hbond substituents is 3. The van der Waals surface area contributed by atoms with Gasteiger partial charge in [-0.2, -0.15) is 10.5 Å². The molecule has 0 amide bonds. The molecule has 3 N–H and O–H groups in total. The zero-order valence-corrected chi connectivity index (χ0v) is 25.8. The number of aromatic nitrogens is 2. The molecule has 0 aliphatic heterocycles. The number of hydrogen-bond donors (Lipinski definition) is 3. The van der Waals surface area contributed by atoms with Crippen molar-refractivity contribution in [2.45, 2.75) is 39.5 Å². The van der Waals surface area contributed by atoms with Gasteiger partial charge in [-0.25, -0.2) is 4.84 Å². The fourth-order valence-corrected chi connectivity index (χ4v) is 5.92. The van der Waals surface area contributed by atoms with Gasteiger partial charge in [0.05, 0.1) is 39.7 Å². The van der Waals surface area contributed by atoms with Gasteiger partial charge in [0, 0.05) is 33.5 Å². The van der Waals surface area contributed by atoms with Gasteiger partial charge < -0.3 is 15.3 Å². The first-order valence-corrected chi connectivity index (χ1v) is 14.9. The number of hydrogen-bond acceptors (Lipinski definition) is 7. The van der Waals surface area contributed by atoms with Crippen LogP contribution in [0, 0.1) is 22.7 Å². The Morgan fingerprint density at radius 3 is 2.02 bits per heavy atom. The molecule has 226 valence electrons. The molecule has 0 saturated carbocycles. The van der Waals surface area contributed by atoms with Crippen LogP contribution in [0.15, 0.2) is 85.2 Å². The average Bonchev–Trinajstić information content (AvgIpc) is 3.02. The van der Waals surface area contributed by atoms with Crippen molar-refractivity contribution in [1.29, 1.82) is 10.5 Å². The molecule has 0 radical (unpaired) electrons. The van der Waals surface area contributed by atoms with Crippen LogP contribution in [0.2, 0.25) is 0 Å². The van der Waals surface area contributed by atoms with E-state index in [0.717, 1.165) is 5.56 Å². The summed E-state index contributed by atoms with van der Waals surface area (Å²) in [6.45, 7) is 7.71. The van der Waals surface area contributed by atoms with Crippen LogP contribution in [0.4, 0.5) is 0 Å². The highest BCUT2D eigenvalue weighted by Crippen LogP contribution is 2.41. The Kier molecular flexibility index (Phi) is 7.65. The molecule has 6 aromatic rings. The van der Waals surface area contributed by atoms with Crippen LogP contribution in [0.25, 0.3) is 44.1 Å². The number of pyridine rings is 2. The minimum Gasteiger partial charge on any atom is -0.507 e. The Bertz CT molecular complexity index is 2240. The average molecular weight is 608 g/mol. The van der Waals surface area contributed by atoms with E-state index >= 15 is 0 Å². The molecule has 6 rings (SSSR count). The summed E-state index contributed by atoms with van der Waals surface area (Å²) in [6.07, 6.45) is 3.35. The first-order chi connectivity index (χ1) is 22.1. The summed E-state index contributed by atoms with van der Waals surface area (Å²) in [7, 11) is 0. The molecule has 4 aromatic carbocycles. The maximum absolute atomic E-state index is 11.3. The van der Waals surface area contributed by atoms with Gasteiger partial charge in [-0.3, -0.25) is 4.98 Å². The normalized spacial score (nSPS) is 11.2. The molecule has 0 bridgehead atoms. The van der Waals surface area contributed by atoms with Gasteiger partial charge in [-0.15, -0.1) is 0 Å². The van der Waals surface area contributed by atoms with E-state index in [0.29, 0.717) is 66.5 Å².